The Hall–Kier alpha value is -2.96. The number of rotatable bonds is 6. The summed E-state index contributed by atoms with van der Waals surface area (Å²) in [7, 11) is 0. The van der Waals surface area contributed by atoms with Crippen molar-refractivity contribution in [3.8, 4) is 5.75 Å². The van der Waals surface area contributed by atoms with Crippen LogP contribution < -0.4 is 4.74 Å². The number of benzene rings is 3. The van der Waals surface area contributed by atoms with Gasteiger partial charge in [-0.2, -0.15) is 0 Å². The number of allylic oxidation sites excluding steroid dienone is 4. The van der Waals surface area contributed by atoms with Crippen LogP contribution in [0.25, 0.3) is 0 Å². The summed E-state index contributed by atoms with van der Waals surface area (Å²) in [5.41, 5.74) is 6.57. The lowest BCUT2D eigenvalue weighted by molar-refractivity contribution is -0.119. The maximum Gasteiger partial charge on any atom is 0.162 e. The van der Waals surface area contributed by atoms with Crippen molar-refractivity contribution in [1.29, 1.82) is 0 Å². The summed E-state index contributed by atoms with van der Waals surface area (Å²) in [6.07, 6.45) is 2.52. The Morgan fingerprint density at radius 3 is 1.91 bits per heavy atom. The van der Waals surface area contributed by atoms with E-state index in [-0.39, 0.29) is 22.4 Å². The molecule has 0 saturated heterocycles. The summed E-state index contributed by atoms with van der Waals surface area (Å²) in [6.45, 7) is 9.78. The number of carbonyl (C=O) groups excluding carboxylic acids is 2. The van der Waals surface area contributed by atoms with Crippen LogP contribution >= 0.6 is 31.9 Å². The molecule has 6 heteroatoms. The standard InChI is InChI=1S/C37H37Br2NO3/c1-36(2)17-28-34(30(41)19-36)33(24-14-15-32(27(39)16-24)43-22-25-12-8-9-13-26(25)38)35-29(18-37(3,4)20-31(35)42)40(28)21-23-10-6-5-7-11-23/h5-16,33H,17-22H2,1-4H3. The SMILES string of the molecule is CC1(C)CC(=O)C2=C(C1)N(Cc1ccccc1)C1=C(C(=O)CC(C)(C)C1)C2c1ccc(OCc2ccccc2Br)c(Br)c1. The van der Waals surface area contributed by atoms with Crippen LogP contribution in [0.15, 0.2) is 104 Å². The molecule has 2 aliphatic carbocycles. The third-order valence-electron chi connectivity index (χ3n) is 8.84. The van der Waals surface area contributed by atoms with Crippen LogP contribution in [0.4, 0.5) is 0 Å². The molecule has 1 aliphatic heterocycles. The summed E-state index contributed by atoms with van der Waals surface area (Å²) < 4.78 is 8.00. The van der Waals surface area contributed by atoms with Gasteiger partial charge in [-0.15, -0.1) is 0 Å². The predicted octanol–water partition coefficient (Wildman–Crippen LogP) is 9.68. The van der Waals surface area contributed by atoms with E-state index in [1.165, 1.54) is 5.56 Å². The summed E-state index contributed by atoms with van der Waals surface area (Å²) in [6, 6.07) is 24.4. The minimum Gasteiger partial charge on any atom is -0.488 e. The topological polar surface area (TPSA) is 46.6 Å². The van der Waals surface area contributed by atoms with E-state index in [2.05, 4.69) is 88.7 Å². The van der Waals surface area contributed by atoms with Gasteiger partial charge in [-0.05, 0) is 68.9 Å². The number of ketones is 2. The van der Waals surface area contributed by atoms with Crippen molar-refractivity contribution < 1.29 is 14.3 Å². The molecule has 0 saturated carbocycles. The summed E-state index contributed by atoms with van der Waals surface area (Å²) in [4.78, 5) is 30.6. The molecular formula is C37H37Br2NO3. The van der Waals surface area contributed by atoms with E-state index in [0.29, 0.717) is 26.0 Å². The first-order chi connectivity index (χ1) is 20.4. The molecule has 4 nitrogen and oxygen atoms in total. The average molecular weight is 704 g/mol. The van der Waals surface area contributed by atoms with Crippen molar-refractivity contribution >= 4 is 43.4 Å². The Kier molecular flexibility index (Phi) is 8.06. The first kappa shape index (κ1) is 30.1. The molecule has 0 atom stereocenters. The summed E-state index contributed by atoms with van der Waals surface area (Å²) in [5.74, 6) is 0.613. The molecule has 0 amide bonds. The van der Waals surface area contributed by atoms with Gasteiger partial charge in [0.15, 0.2) is 11.6 Å². The molecule has 0 spiro atoms. The zero-order valence-corrected chi connectivity index (χ0v) is 28.3. The van der Waals surface area contributed by atoms with Gasteiger partial charge in [-0.3, -0.25) is 9.59 Å². The first-order valence-corrected chi connectivity index (χ1v) is 16.5. The Bertz CT molecular complexity index is 1610. The minimum absolute atomic E-state index is 0.142. The second-order valence-electron chi connectivity index (χ2n) is 13.7. The van der Waals surface area contributed by atoms with Gasteiger partial charge in [0, 0.05) is 57.9 Å². The number of ether oxygens (including phenoxy) is 1. The van der Waals surface area contributed by atoms with Crippen LogP contribution in [0.3, 0.4) is 0 Å². The van der Waals surface area contributed by atoms with Crippen molar-refractivity contribution in [2.24, 2.45) is 10.8 Å². The highest BCUT2D eigenvalue weighted by molar-refractivity contribution is 9.10. The lowest BCUT2D eigenvalue weighted by Crippen LogP contribution is -2.44. The number of Topliss-reactive ketones (excluding diaryl/α,β-unsaturated/α-hetero) is 2. The highest BCUT2D eigenvalue weighted by Gasteiger charge is 2.49. The van der Waals surface area contributed by atoms with Gasteiger partial charge < -0.3 is 9.64 Å². The molecule has 0 fully saturated rings. The fraction of sp³-hybridized carbons (Fsp3) is 0.351. The fourth-order valence-corrected chi connectivity index (χ4v) is 7.83. The molecule has 3 aromatic rings. The van der Waals surface area contributed by atoms with Crippen molar-refractivity contribution in [2.45, 2.75) is 72.4 Å². The Morgan fingerprint density at radius 1 is 0.744 bits per heavy atom. The summed E-state index contributed by atoms with van der Waals surface area (Å²) >= 11 is 7.36. The van der Waals surface area contributed by atoms with Crippen molar-refractivity contribution in [2.75, 3.05) is 0 Å². The van der Waals surface area contributed by atoms with Gasteiger partial charge in [-0.25, -0.2) is 0 Å². The van der Waals surface area contributed by atoms with Crippen LogP contribution in [0, 0.1) is 10.8 Å². The van der Waals surface area contributed by atoms with E-state index in [1.54, 1.807) is 0 Å². The number of hydrogen-bond acceptors (Lipinski definition) is 4. The van der Waals surface area contributed by atoms with Crippen molar-refractivity contribution in [3.05, 3.63) is 121 Å². The first-order valence-electron chi connectivity index (χ1n) is 14.9. The second-order valence-corrected chi connectivity index (χ2v) is 15.4. The smallest absolute Gasteiger partial charge is 0.162 e. The molecule has 3 aromatic carbocycles. The van der Waals surface area contributed by atoms with Gasteiger partial charge in [0.1, 0.15) is 12.4 Å². The number of carbonyl (C=O) groups is 2. The maximum absolute atomic E-state index is 14.1. The number of nitrogens with zero attached hydrogens (tertiary/aromatic N) is 1. The Balaban J connectivity index is 1.46. The van der Waals surface area contributed by atoms with Crippen molar-refractivity contribution in [1.82, 2.24) is 4.90 Å². The van der Waals surface area contributed by atoms with Crippen molar-refractivity contribution in [3.63, 3.8) is 0 Å². The molecule has 0 aromatic heterocycles. The van der Waals surface area contributed by atoms with Gasteiger partial charge in [-0.1, -0.05) is 98.2 Å². The molecular weight excluding hydrogens is 666 g/mol. The Morgan fingerprint density at radius 2 is 1.33 bits per heavy atom. The third kappa shape index (κ3) is 6.06. The molecule has 6 rings (SSSR count). The molecule has 1 heterocycles. The second kappa shape index (κ2) is 11.5. The molecule has 0 radical (unpaired) electrons. The van der Waals surface area contributed by atoms with Gasteiger partial charge >= 0.3 is 0 Å². The third-order valence-corrected chi connectivity index (χ3v) is 10.2. The zero-order chi connectivity index (χ0) is 30.5. The molecule has 0 bridgehead atoms. The number of halogens is 2. The van der Waals surface area contributed by atoms with Crippen LogP contribution in [0.1, 0.15) is 76.0 Å². The van der Waals surface area contributed by atoms with E-state index in [1.807, 2.05) is 48.5 Å². The van der Waals surface area contributed by atoms with Crippen LogP contribution in [0.5, 0.6) is 5.75 Å². The van der Waals surface area contributed by atoms with E-state index >= 15 is 0 Å². The fourth-order valence-electron chi connectivity index (χ4n) is 6.92. The van der Waals surface area contributed by atoms with Gasteiger partial charge in [0.05, 0.1) is 4.47 Å². The largest absolute Gasteiger partial charge is 0.488 e. The van der Waals surface area contributed by atoms with E-state index < -0.39 is 5.92 Å². The molecule has 0 unspecified atom stereocenters. The zero-order valence-electron chi connectivity index (χ0n) is 25.2. The van der Waals surface area contributed by atoms with E-state index in [9.17, 15) is 9.59 Å². The molecule has 43 heavy (non-hydrogen) atoms. The monoisotopic (exact) mass is 701 g/mol. The lowest BCUT2D eigenvalue weighted by atomic mass is 9.63. The van der Waals surface area contributed by atoms with Gasteiger partial charge in [0.25, 0.3) is 0 Å². The van der Waals surface area contributed by atoms with Crippen LogP contribution in [-0.4, -0.2) is 16.5 Å². The highest BCUT2D eigenvalue weighted by Crippen LogP contribution is 2.55. The lowest BCUT2D eigenvalue weighted by Gasteiger charge is -2.49. The van der Waals surface area contributed by atoms with E-state index in [0.717, 1.165) is 61.2 Å². The molecule has 3 aliphatic rings. The molecule has 0 N–H and O–H groups in total. The summed E-state index contributed by atoms with van der Waals surface area (Å²) in [5, 5.41) is 0. The average Bonchev–Trinajstić information content (AvgIpc) is 2.93. The minimum atomic E-state index is -0.391. The predicted molar refractivity (Wildman–Crippen MR) is 177 cm³/mol. The normalized spacial score (nSPS) is 19.8. The van der Waals surface area contributed by atoms with Crippen LogP contribution in [0.2, 0.25) is 0 Å². The quantitative estimate of drug-likeness (QED) is 0.257. The van der Waals surface area contributed by atoms with E-state index in [4.69, 9.17) is 4.74 Å². The Labute approximate surface area is 271 Å². The van der Waals surface area contributed by atoms with Crippen LogP contribution in [-0.2, 0) is 22.7 Å². The molecule has 222 valence electrons. The maximum atomic E-state index is 14.1. The van der Waals surface area contributed by atoms with Gasteiger partial charge in [0.2, 0.25) is 0 Å². The number of hydrogen-bond donors (Lipinski definition) is 0. The highest BCUT2D eigenvalue weighted by atomic mass is 79.9.